The van der Waals surface area contributed by atoms with Gasteiger partial charge in [-0.15, -0.1) is 0 Å². The number of aromatic nitrogens is 1. The molecule has 0 saturated heterocycles. The summed E-state index contributed by atoms with van der Waals surface area (Å²) in [5, 5.41) is 3.42. The number of oxazole rings is 1. The van der Waals surface area contributed by atoms with E-state index in [1.54, 1.807) is 29.2 Å². The molecule has 1 aromatic heterocycles. The summed E-state index contributed by atoms with van der Waals surface area (Å²) in [5.74, 6) is -0.0878. The van der Waals surface area contributed by atoms with Crippen molar-refractivity contribution in [3.63, 3.8) is 0 Å². The summed E-state index contributed by atoms with van der Waals surface area (Å²) in [4.78, 5) is 31.0. The number of carbonyl (C=O) groups is 2. The van der Waals surface area contributed by atoms with Gasteiger partial charge in [-0.25, -0.2) is 4.98 Å². The number of halogens is 1. The van der Waals surface area contributed by atoms with Crippen LogP contribution in [-0.2, 0) is 6.54 Å². The third kappa shape index (κ3) is 5.57. The van der Waals surface area contributed by atoms with Crippen molar-refractivity contribution in [2.24, 2.45) is 0 Å². The highest BCUT2D eigenvalue weighted by Gasteiger charge is 2.23. The van der Waals surface area contributed by atoms with Crippen LogP contribution in [0.3, 0.4) is 0 Å². The number of nitrogens with zero attached hydrogens (tertiary/aromatic N) is 2. The molecule has 146 valence electrons. The number of hydrogen-bond donors (Lipinski definition) is 1. The lowest BCUT2D eigenvalue weighted by Crippen LogP contribution is -2.38. The van der Waals surface area contributed by atoms with Crippen molar-refractivity contribution in [2.75, 3.05) is 0 Å². The zero-order chi connectivity index (χ0) is 20.0. The van der Waals surface area contributed by atoms with E-state index in [0.29, 0.717) is 16.5 Å². The van der Waals surface area contributed by atoms with Gasteiger partial charge in [0.2, 0.25) is 5.89 Å². The van der Waals surface area contributed by atoms with E-state index in [1.807, 2.05) is 27.7 Å². The first-order valence-electron chi connectivity index (χ1n) is 9.17. The van der Waals surface area contributed by atoms with Gasteiger partial charge < -0.3 is 14.6 Å². The van der Waals surface area contributed by atoms with Crippen LogP contribution in [0.15, 0.2) is 34.9 Å². The van der Waals surface area contributed by atoms with Crippen LogP contribution in [0.4, 0.5) is 0 Å². The first kappa shape index (κ1) is 21.0. The molecule has 1 N–H and O–H groups in total. The summed E-state index contributed by atoms with van der Waals surface area (Å²) in [6.07, 6.45) is 2.93. The van der Waals surface area contributed by atoms with Gasteiger partial charge in [-0.3, -0.25) is 9.59 Å². The number of hydrogen-bond acceptors (Lipinski definition) is 4. The van der Waals surface area contributed by atoms with Crippen molar-refractivity contribution in [1.29, 1.82) is 0 Å². The van der Waals surface area contributed by atoms with Crippen LogP contribution in [-0.4, -0.2) is 33.8 Å². The van der Waals surface area contributed by atoms with Crippen LogP contribution in [0.1, 0.15) is 67.3 Å². The Balaban J connectivity index is 2.16. The average molecular weight is 392 g/mol. The maximum absolute atomic E-state index is 12.9. The Morgan fingerprint density at radius 3 is 2.44 bits per heavy atom. The molecule has 1 aromatic carbocycles. The molecule has 2 amide bonds. The molecule has 0 aliphatic rings. The largest absolute Gasteiger partial charge is 0.446 e. The van der Waals surface area contributed by atoms with E-state index in [4.69, 9.17) is 16.0 Å². The van der Waals surface area contributed by atoms with Gasteiger partial charge >= 0.3 is 0 Å². The fourth-order valence-electron chi connectivity index (χ4n) is 2.44. The van der Waals surface area contributed by atoms with E-state index in [1.165, 1.54) is 6.26 Å². The molecule has 0 fully saturated rings. The van der Waals surface area contributed by atoms with Gasteiger partial charge in [0.1, 0.15) is 6.26 Å². The number of nitrogens with one attached hydrogen (secondary N) is 1. The van der Waals surface area contributed by atoms with Crippen LogP contribution in [0.25, 0.3) is 0 Å². The van der Waals surface area contributed by atoms with Crippen molar-refractivity contribution in [2.45, 2.75) is 59.2 Å². The van der Waals surface area contributed by atoms with Crippen LogP contribution in [0.2, 0.25) is 5.02 Å². The van der Waals surface area contributed by atoms with Gasteiger partial charge in [0.05, 0.1) is 6.54 Å². The summed E-state index contributed by atoms with van der Waals surface area (Å²) in [7, 11) is 0. The maximum Gasteiger partial charge on any atom is 0.273 e. The Labute approximate surface area is 164 Å². The molecule has 2 rings (SSSR count). The van der Waals surface area contributed by atoms with Gasteiger partial charge in [-0.1, -0.05) is 25.4 Å². The van der Waals surface area contributed by atoms with Crippen LogP contribution >= 0.6 is 11.6 Å². The lowest BCUT2D eigenvalue weighted by Gasteiger charge is -2.27. The average Bonchev–Trinajstić information content (AvgIpc) is 3.14. The molecule has 0 saturated carbocycles. The Morgan fingerprint density at radius 1 is 1.19 bits per heavy atom. The number of benzene rings is 1. The number of rotatable bonds is 8. The van der Waals surface area contributed by atoms with Crippen LogP contribution in [0, 0.1) is 0 Å². The van der Waals surface area contributed by atoms with Crippen molar-refractivity contribution >= 4 is 23.4 Å². The first-order valence-corrected chi connectivity index (χ1v) is 9.55. The van der Waals surface area contributed by atoms with E-state index in [-0.39, 0.29) is 36.1 Å². The fraction of sp³-hybridized carbons (Fsp3) is 0.450. The minimum Gasteiger partial charge on any atom is -0.446 e. The molecule has 0 aliphatic carbocycles. The van der Waals surface area contributed by atoms with E-state index in [0.717, 1.165) is 12.8 Å². The number of carbonyl (C=O) groups excluding carboxylic acids is 2. The Morgan fingerprint density at radius 2 is 1.85 bits per heavy atom. The highest BCUT2D eigenvalue weighted by atomic mass is 35.5. The SMILES string of the molecule is CC[C@@H](C)NC(=O)c1coc(CN(C(=O)c2ccc(Cl)cc2)[C@@H](C)CC)n1. The van der Waals surface area contributed by atoms with E-state index in [9.17, 15) is 9.59 Å². The quantitative estimate of drug-likeness (QED) is 0.728. The van der Waals surface area contributed by atoms with Crippen molar-refractivity contribution in [1.82, 2.24) is 15.2 Å². The highest BCUT2D eigenvalue weighted by Crippen LogP contribution is 2.17. The molecule has 7 heteroatoms. The third-order valence-corrected chi connectivity index (χ3v) is 4.81. The summed E-state index contributed by atoms with van der Waals surface area (Å²) in [6, 6.07) is 6.80. The standard InChI is InChI=1S/C20H26ClN3O3/c1-5-13(3)22-19(25)17-12-27-18(23-17)11-24(14(4)6-2)20(26)15-7-9-16(21)10-8-15/h7-10,12-14H,5-6,11H2,1-4H3,(H,22,25)/t13-,14+/m1/s1. The first-order chi connectivity index (χ1) is 12.8. The minimum atomic E-state index is -0.279. The molecule has 0 spiro atoms. The third-order valence-electron chi connectivity index (χ3n) is 4.55. The zero-order valence-corrected chi connectivity index (χ0v) is 16.9. The fourth-order valence-corrected chi connectivity index (χ4v) is 2.57. The smallest absolute Gasteiger partial charge is 0.273 e. The van der Waals surface area contributed by atoms with Gasteiger partial charge in [0, 0.05) is 22.7 Å². The Kier molecular flexibility index (Phi) is 7.42. The van der Waals surface area contributed by atoms with Crippen LogP contribution in [0.5, 0.6) is 0 Å². The topological polar surface area (TPSA) is 75.4 Å². The molecule has 1 heterocycles. The molecule has 0 bridgehead atoms. The second-order valence-corrected chi connectivity index (χ2v) is 7.04. The predicted molar refractivity (Wildman–Crippen MR) is 105 cm³/mol. The van der Waals surface area contributed by atoms with Crippen molar-refractivity contribution < 1.29 is 14.0 Å². The van der Waals surface area contributed by atoms with Gasteiger partial charge in [0.15, 0.2) is 5.69 Å². The molecule has 0 radical (unpaired) electrons. The van der Waals surface area contributed by atoms with Gasteiger partial charge in [-0.05, 0) is 51.0 Å². The molecule has 6 nitrogen and oxygen atoms in total. The summed E-state index contributed by atoms with van der Waals surface area (Å²) in [6.45, 7) is 8.08. The molecule has 0 aliphatic heterocycles. The van der Waals surface area contributed by atoms with Crippen LogP contribution < -0.4 is 5.32 Å². The van der Waals surface area contributed by atoms with Gasteiger partial charge in [-0.2, -0.15) is 0 Å². The zero-order valence-electron chi connectivity index (χ0n) is 16.2. The second kappa shape index (κ2) is 9.55. The van der Waals surface area contributed by atoms with Gasteiger partial charge in [0.25, 0.3) is 11.8 Å². The van der Waals surface area contributed by atoms with Crippen molar-refractivity contribution in [3.8, 4) is 0 Å². The second-order valence-electron chi connectivity index (χ2n) is 6.61. The Hall–Kier alpha value is -2.34. The van der Waals surface area contributed by atoms with E-state index < -0.39 is 0 Å². The Bertz CT molecular complexity index is 773. The molecule has 2 atom stereocenters. The normalized spacial score (nSPS) is 13.1. The maximum atomic E-state index is 12.9. The summed E-state index contributed by atoms with van der Waals surface area (Å²) < 4.78 is 5.44. The van der Waals surface area contributed by atoms with E-state index >= 15 is 0 Å². The lowest BCUT2D eigenvalue weighted by atomic mass is 10.1. The summed E-state index contributed by atoms with van der Waals surface area (Å²) >= 11 is 5.91. The molecule has 27 heavy (non-hydrogen) atoms. The minimum absolute atomic E-state index is 0.0162. The monoisotopic (exact) mass is 391 g/mol. The predicted octanol–water partition coefficient (Wildman–Crippen LogP) is 4.30. The summed E-state index contributed by atoms with van der Waals surface area (Å²) in [5.41, 5.74) is 0.759. The highest BCUT2D eigenvalue weighted by molar-refractivity contribution is 6.30. The molecular weight excluding hydrogens is 366 g/mol. The lowest BCUT2D eigenvalue weighted by molar-refractivity contribution is 0.0652. The molecular formula is C20H26ClN3O3. The number of amides is 2. The molecule has 2 aromatic rings. The molecule has 0 unspecified atom stereocenters. The van der Waals surface area contributed by atoms with Crippen molar-refractivity contribution in [3.05, 3.63) is 52.7 Å². The van der Waals surface area contributed by atoms with E-state index in [2.05, 4.69) is 10.3 Å².